The van der Waals surface area contributed by atoms with Crippen molar-refractivity contribution < 1.29 is 17.9 Å². The Morgan fingerprint density at radius 2 is 1.63 bits per heavy atom. The molecule has 2 aromatic carbocycles. The molecule has 0 spiro atoms. The van der Waals surface area contributed by atoms with Gasteiger partial charge in [-0.3, -0.25) is 0 Å². The zero-order valence-electron chi connectivity index (χ0n) is 14.8. The fourth-order valence-corrected chi connectivity index (χ4v) is 3.40. The van der Waals surface area contributed by atoms with Crippen LogP contribution in [0, 0.1) is 0 Å². The van der Waals surface area contributed by atoms with E-state index in [9.17, 15) is 8.42 Å². The summed E-state index contributed by atoms with van der Waals surface area (Å²) >= 11 is 6.04. The molecule has 2 N–H and O–H groups in total. The van der Waals surface area contributed by atoms with Gasteiger partial charge in [0.1, 0.15) is 5.82 Å². The van der Waals surface area contributed by atoms with Gasteiger partial charge in [0, 0.05) is 17.1 Å². The number of benzene rings is 2. The maximum Gasteiger partial charge on any atom is 0.240 e. The summed E-state index contributed by atoms with van der Waals surface area (Å²) in [6.07, 6.45) is 0. The molecule has 0 saturated carbocycles. The van der Waals surface area contributed by atoms with Gasteiger partial charge < -0.3 is 14.8 Å². The number of aromatic nitrogens is 2. The van der Waals surface area contributed by atoms with Crippen LogP contribution in [0.2, 0.25) is 5.28 Å². The molecule has 1 aromatic heterocycles. The molecule has 142 valence electrons. The number of hydrogen-bond donors (Lipinski definition) is 2. The van der Waals surface area contributed by atoms with Crippen LogP contribution in [-0.2, 0) is 10.0 Å². The highest BCUT2D eigenvalue weighted by Crippen LogP contribution is 2.35. The number of methoxy groups -OCH3 is 2. The summed E-state index contributed by atoms with van der Waals surface area (Å²) in [7, 11) is 0.929. The van der Waals surface area contributed by atoms with E-state index in [1.165, 1.54) is 33.4 Å². The van der Waals surface area contributed by atoms with E-state index in [1.807, 2.05) is 0 Å². The first kappa shape index (κ1) is 19.2. The molecule has 0 aliphatic heterocycles. The van der Waals surface area contributed by atoms with Gasteiger partial charge in [-0.1, -0.05) is 0 Å². The van der Waals surface area contributed by atoms with Crippen LogP contribution in [-0.4, -0.2) is 39.7 Å². The second kappa shape index (κ2) is 7.55. The quantitative estimate of drug-likeness (QED) is 0.604. The number of nitrogens with one attached hydrogen (secondary N) is 2. The fraction of sp³-hybridized carbons (Fsp3) is 0.176. The maximum absolute atomic E-state index is 11.8. The number of anilines is 2. The smallest absolute Gasteiger partial charge is 0.240 e. The second-order valence-electron chi connectivity index (χ2n) is 5.42. The molecule has 0 fully saturated rings. The summed E-state index contributed by atoms with van der Waals surface area (Å²) in [4.78, 5) is 8.60. The summed E-state index contributed by atoms with van der Waals surface area (Å²) in [6, 6.07) is 9.69. The minimum absolute atomic E-state index is 0.0617. The zero-order chi connectivity index (χ0) is 19.6. The summed E-state index contributed by atoms with van der Waals surface area (Å²) in [6.45, 7) is 0. The minimum Gasteiger partial charge on any atom is -0.493 e. The Hall–Kier alpha value is -2.62. The molecule has 0 saturated heterocycles. The van der Waals surface area contributed by atoms with Gasteiger partial charge >= 0.3 is 0 Å². The van der Waals surface area contributed by atoms with E-state index < -0.39 is 10.0 Å². The van der Waals surface area contributed by atoms with Gasteiger partial charge in [0.2, 0.25) is 15.3 Å². The molecule has 3 rings (SSSR count). The summed E-state index contributed by atoms with van der Waals surface area (Å²) in [5, 5.41) is 3.86. The van der Waals surface area contributed by atoms with Crippen molar-refractivity contribution in [2.45, 2.75) is 4.90 Å². The number of nitrogens with zero attached hydrogens (tertiary/aromatic N) is 2. The van der Waals surface area contributed by atoms with Gasteiger partial charge in [-0.15, -0.1) is 0 Å². The van der Waals surface area contributed by atoms with Crippen molar-refractivity contribution in [2.75, 3.05) is 26.6 Å². The van der Waals surface area contributed by atoms with Crippen molar-refractivity contribution >= 4 is 44.0 Å². The molecule has 8 nitrogen and oxygen atoms in total. The first-order valence-electron chi connectivity index (χ1n) is 7.78. The largest absolute Gasteiger partial charge is 0.493 e. The molecule has 0 unspecified atom stereocenters. The lowest BCUT2D eigenvalue weighted by Crippen LogP contribution is -2.18. The molecule has 0 aliphatic rings. The normalized spacial score (nSPS) is 11.4. The van der Waals surface area contributed by atoms with E-state index in [-0.39, 0.29) is 10.2 Å². The van der Waals surface area contributed by atoms with E-state index in [0.717, 1.165) is 0 Å². The number of hydrogen-bond acceptors (Lipinski definition) is 7. The topological polar surface area (TPSA) is 102 Å². The molecule has 0 amide bonds. The molecule has 0 aliphatic carbocycles. The van der Waals surface area contributed by atoms with E-state index in [4.69, 9.17) is 21.1 Å². The van der Waals surface area contributed by atoms with Crippen LogP contribution < -0.4 is 19.5 Å². The van der Waals surface area contributed by atoms with Gasteiger partial charge in [-0.25, -0.2) is 18.1 Å². The molecule has 3 aromatic rings. The first-order valence-corrected chi connectivity index (χ1v) is 9.64. The Morgan fingerprint density at radius 1 is 1.00 bits per heavy atom. The first-order chi connectivity index (χ1) is 12.9. The van der Waals surface area contributed by atoms with Crippen molar-refractivity contribution in [1.82, 2.24) is 14.7 Å². The SMILES string of the molecule is CNS(=O)(=O)c1ccc(Nc2nc(Cl)nc3cc(OC)c(OC)cc23)cc1. The average molecular weight is 409 g/mol. The van der Waals surface area contributed by atoms with Gasteiger partial charge in [0.05, 0.1) is 24.6 Å². The van der Waals surface area contributed by atoms with Crippen molar-refractivity contribution in [3.8, 4) is 11.5 Å². The molecule has 0 atom stereocenters. The highest BCUT2D eigenvalue weighted by atomic mass is 35.5. The monoisotopic (exact) mass is 408 g/mol. The van der Waals surface area contributed by atoms with Crippen LogP contribution in [0.4, 0.5) is 11.5 Å². The number of sulfonamides is 1. The highest BCUT2D eigenvalue weighted by Gasteiger charge is 2.14. The van der Waals surface area contributed by atoms with Crippen molar-refractivity contribution in [3.63, 3.8) is 0 Å². The third-order valence-electron chi connectivity index (χ3n) is 3.87. The molecular formula is C17H17ClN4O4S. The van der Waals surface area contributed by atoms with Crippen LogP contribution in [0.15, 0.2) is 41.3 Å². The van der Waals surface area contributed by atoms with Gasteiger partial charge in [-0.2, -0.15) is 4.98 Å². The third-order valence-corrected chi connectivity index (χ3v) is 5.47. The van der Waals surface area contributed by atoms with Gasteiger partial charge in [0.25, 0.3) is 0 Å². The lowest BCUT2D eigenvalue weighted by Gasteiger charge is -2.13. The van der Waals surface area contributed by atoms with Crippen molar-refractivity contribution in [3.05, 3.63) is 41.7 Å². The fourth-order valence-electron chi connectivity index (χ4n) is 2.49. The van der Waals surface area contributed by atoms with Gasteiger partial charge in [-0.05, 0) is 49.0 Å². The van der Waals surface area contributed by atoms with E-state index >= 15 is 0 Å². The van der Waals surface area contributed by atoms with E-state index in [2.05, 4.69) is 20.0 Å². The number of rotatable bonds is 6. The highest BCUT2D eigenvalue weighted by molar-refractivity contribution is 7.89. The predicted molar refractivity (Wildman–Crippen MR) is 104 cm³/mol. The lowest BCUT2D eigenvalue weighted by atomic mass is 10.2. The number of halogens is 1. The Kier molecular flexibility index (Phi) is 5.36. The molecule has 1 heterocycles. The van der Waals surface area contributed by atoms with Gasteiger partial charge in [0.15, 0.2) is 11.5 Å². The Bertz CT molecular complexity index is 1090. The maximum atomic E-state index is 11.8. The zero-order valence-corrected chi connectivity index (χ0v) is 16.4. The van der Waals surface area contributed by atoms with Crippen LogP contribution in [0.25, 0.3) is 10.9 Å². The molecule has 27 heavy (non-hydrogen) atoms. The standard InChI is InChI=1S/C17H17ClN4O4S/c1-19-27(23,24)11-6-4-10(5-7-11)20-16-12-8-14(25-2)15(26-3)9-13(12)21-17(18)22-16/h4-9,19H,1-3H3,(H,20,21,22). The summed E-state index contributed by atoms with van der Waals surface area (Å²) < 4.78 is 36.5. The number of fused-ring (bicyclic) bond motifs is 1. The van der Waals surface area contributed by atoms with Crippen LogP contribution in [0.3, 0.4) is 0 Å². The Labute approximate surface area is 161 Å². The lowest BCUT2D eigenvalue weighted by molar-refractivity contribution is 0.356. The summed E-state index contributed by atoms with van der Waals surface area (Å²) in [5.41, 5.74) is 1.21. The Morgan fingerprint density at radius 3 is 2.22 bits per heavy atom. The summed E-state index contributed by atoms with van der Waals surface area (Å²) in [5.74, 6) is 1.50. The van der Waals surface area contributed by atoms with Crippen LogP contribution in [0.1, 0.15) is 0 Å². The molecule has 0 bridgehead atoms. The Balaban J connectivity index is 2.04. The van der Waals surface area contributed by atoms with Crippen molar-refractivity contribution in [2.24, 2.45) is 0 Å². The van der Waals surface area contributed by atoms with E-state index in [1.54, 1.807) is 24.3 Å². The minimum atomic E-state index is -3.50. The van der Waals surface area contributed by atoms with Crippen molar-refractivity contribution in [1.29, 1.82) is 0 Å². The van der Waals surface area contributed by atoms with E-state index in [0.29, 0.717) is 33.9 Å². The van der Waals surface area contributed by atoms with Crippen LogP contribution in [0.5, 0.6) is 11.5 Å². The average Bonchev–Trinajstić information content (AvgIpc) is 2.67. The second-order valence-corrected chi connectivity index (χ2v) is 7.65. The third kappa shape index (κ3) is 3.90. The molecular weight excluding hydrogens is 392 g/mol. The molecule has 10 heteroatoms. The molecule has 0 radical (unpaired) electrons. The van der Waals surface area contributed by atoms with Crippen LogP contribution >= 0.6 is 11.6 Å². The number of ether oxygens (including phenoxy) is 2. The predicted octanol–water partition coefficient (Wildman–Crippen LogP) is 2.95.